The summed E-state index contributed by atoms with van der Waals surface area (Å²) in [4.78, 5) is 11.9. The van der Waals surface area contributed by atoms with Crippen LogP contribution in [-0.2, 0) is 16.1 Å². The molecule has 0 fully saturated rings. The first-order chi connectivity index (χ1) is 12.2. The number of nitrogens with one attached hydrogen (secondary N) is 1. The highest BCUT2D eigenvalue weighted by Gasteiger charge is 2.10. The van der Waals surface area contributed by atoms with E-state index in [0.29, 0.717) is 19.8 Å². The lowest BCUT2D eigenvalue weighted by Crippen LogP contribution is -2.28. The molecule has 0 aliphatic carbocycles. The molecular weight excluding hydrogens is 352 g/mol. The highest BCUT2D eigenvalue weighted by molar-refractivity contribution is 5.85. The number of hydrogen-bond donors (Lipinski definition) is 2. The van der Waals surface area contributed by atoms with Crippen LogP contribution in [0, 0.1) is 0 Å². The molecule has 2 rings (SSSR count). The minimum absolute atomic E-state index is 0. The van der Waals surface area contributed by atoms with Crippen LogP contribution in [0.3, 0.4) is 0 Å². The molecule has 2 aromatic rings. The molecule has 1 unspecified atom stereocenters. The van der Waals surface area contributed by atoms with Gasteiger partial charge in [-0.2, -0.15) is 0 Å². The number of carbonyl (C=O) groups is 1. The third-order valence-corrected chi connectivity index (χ3v) is 3.85. The topological polar surface area (TPSA) is 73.6 Å². The summed E-state index contributed by atoms with van der Waals surface area (Å²) in [6.07, 6.45) is 1.05. The van der Waals surface area contributed by atoms with Crippen LogP contribution in [0.4, 0.5) is 0 Å². The molecule has 1 amide bonds. The maximum Gasteiger partial charge on any atom is 0.221 e. The summed E-state index contributed by atoms with van der Waals surface area (Å²) >= 11 is 0. The smallest absolute Gasteiger partial charge is 0.221 e. The number of rotatable bonds is 10. The molecule has 0 saturated heterocycles. The van der Waals surface area contributed by atoms with Gasteiger partial charge in [0.25, 0.3) is 0 Å². The molecule has 0 aromatic heterocycles. The van der Waals surface area contributed by atoms with Crippen molar-refractivity contribution >= 4 is 18.3 Å². The standard InChI is InChI=1S/C20H26N2O3.ClH/c1-24-18-10-8-16(9-11-18)15-25-13-5-12-22-20(23)14-19(21)17-6-3-2-4-7-17;/h2-4,6-11,19H,5,12-15,21H2,1H3,(H,22,23);1H. The number of halogens is 1. The molecular formula is C20H27ClN2O3. The van der Waals surface area contributed by atoms with Gasteiger partial charge in [0.05, 0.1) is 13.7 Å². The molecule has 142 valence electrons. The molecule has 6 heteroatoms. The highest BCUT2D eigenvalue weighted by Crippen LogP contribution is 2.13. The second-order valence-electron chi connectivity index (χ2n) is 5.83. The molecule has 0 aliphatic rings. The first-order valence-electron chi connectivity index (χ1n) is 8.47. The Morgan fingerprint density at radius 1 is 1.12 bits per heavy atom. The Labute approximate surface area is 161 Å². The van der Waals surface area contributed by atoms with Gasteiger partial charge in [-0.1, -0.05) is 42.5 Å². The lowest BCUT2D eigenvalue weighted by molar-refractivity contribution is -0.121. The van der Waals surface area contributed by atoms with E-state index in [1.165, 1.54) is 0 Å². The van der Waals surface area contributed by atoms with Crippen molar-refractivity contribution in [2.75, 3.05) is 20.3 Å². The van der Waals surface area contributed by atoms with Gasteiger partial charge in [0.1, 0.15) is 5.75 Å². The second kappa shape index (κ2) is 12.3. The Morgan fingerprint density at radius 3 is 2.46 bits per heavy atom. The molecule has 3 N–H and O–H groups in total. The fourth-order valence-corrected chi connectivity index (χ4v) is 2.40. The number of carbonyl (C=O) groups excluding carboxylic acids is 1. The van der Waals surface area contributed by atoms with Crippen molar-refractivity contribution in [2.24, 2.45) is 5.73 Å². The monoisotopic (exact) mass is 378 g/mol. The maximum absolute atomic E-state index is 11.9. The van der Waals surface area contributed by atoms with E-state index in [1.807, 2.05) is 54.6 Å². The first-order valence-corrected chi connectivity index (χ1v) is 8.47. The summed E-state index contributed by atoms with van der Waals surface area (Å²) < 4.78 is 10.7. The van der Waals surface area contributed by atoms with Crippen molar-refractivity contribution in [3.8, 4) is 5.75 Å². The van der Waals surface area contributed by atoms with E-state index in [0.717, 1.165) is 23.3 Å². The molecule has 5 nitrogen and oxygen atoms in total. The third-order valence-electron chi connectivity index (χ3n) is 3.85. The van der Waals surface area contributed by atoms with Crippen molar-refractivity contribution in [3.63, 3.8) is 0 Å². The van der Waals surface area contributed by atoms with Crippen LogP contribution < -0.4 is 15.8 Å². The second-order valence-corrected chi connectivity index (χ2v) is 5.83. The minimum Gasteiger partial charge on any atom is -0.497 e. The normalized spacial score (nSPS) is 11.3. The summed E-state index contributed by atoms with van der Waals surface area (Å²) in [6, 6.07) is 17.2. The van der Waals surface area contributed by atoms with E-state index in [2.05, 4.69) is 5.32 Å². The maximum atomic E-state index is 11.9. The van der Waals surface area contributed by atoms with E-state index in [9.17, 15) is 4.79 Å². The molecule has 2 aromatic carbocycles. The fourth-order valence-electron chi connectivity index (χ4n) is 2.40. The molecule has 0 radical (unpaired) electrons. The Bertz CT molecular complexity index is 635. The predicted molar refractivity (Wildman–Crippen MR) is 106 cm³/mol. The van der Waals surface area contributed by atoms with Crippen LogP contribution in [0.5, 0.6) is 5.75 Å². The van der Waals surface area contributed by atoms with Gasteiger partial charge >= 0.3 is 0 Å². The molecule has 1 atom stereocenters. The first kappa shape index (κ1) is 22.0. The van der Waals surface area contributed by atoms with Gasteiger partial charge in [-0.25, -0.2) is 0 Å². The largest absolute Gasteiger partial charge is 0.497 e. The third kappa shape index (κ3) is 7.87. The molecule has 26 heavy (non-hydrogen) atoms. The Hall–Kier alpha value is -2.08. The summed E-state index contributed by atoms with van der Waals surface area (Å²) in [5.41, 5.74) is 8.11. The van der Waals surface area contributed by atoms with E-state index in [4.69, 9.17) is 15.2 Å². The number of methoxy groups -OCH3 is 1. The zero-order valence-corrected chi connectivity index (χ0v) is 15.8. The van der Waals surface area contributed by atoms with Crippen molar-refractivity contribution < 1.29 is 14.3 Å². The van der Waals surface area contributed by atoms with Gasteiger partial charge in [0.15, 0.2) is 0 Å². The van der Waals surface area contributed by atoms with Gasteiger partial charge in [-0.3, -0.25) is 4.79 Å². The quantitative estimate of drug-likeness (QED) is 0.622. The Balaban J connectivity index is 0.00000338. The number of hydrogen-bond acceptors (Lipinski definition) is 4. The van der Waals surface area contributed by atoms with Crippen LogP contribution in [0.2, 0.25) is 0 Å². The Morgan fingerprint density at radius 2 is 1.81 bits per heavy atom. The van der Waals surface area contributed by atoms with Gasteiger partial charge in [-0.05, 0) is 29.7 Å². The van der Waals surface area contributed by atoms with Crippen LogP contribution in [-0.4, -0.2) is 26.2 Å². The Kier molecular flexibility index (Phi) is 10.4. The number of benzene rings is 2. The fraction of sp³-hybridized carbons (Fsp3) is 0.350. The molecule has 0 aliphatic heterocycles. The van der Waals surface area contributed by atoms with Crippen LogP contribution in [0.25, 0.3) is 0 Å². The van der Waals surface area contributed by atoms with E-state index in [-0.39, 0.29) is 30.8 Å². The minimum atomic E-state index is -0.271. The molecule has 0 spiro atoms. The molecule has 0 bridgehead atoms. The van der Waals surface area contributed by atoms with Crippen molar-refractivity contribution in [2.45, 2.75) is 25.5 Å². The lowest BCUT2D eigenvalue weighted by atomic mass is 10.0. The number of amides is 1. The zero-order valence-electron chi connectivity index (χ0n) is 15.0. The average Bonchev–Trinajstić information content (AvgIpc) is 2.65. The highest BCUT2D eigenvalue weighted by atomic mass is 35.5. The van der Waals surface area contributed by atoms with Crippen molar-refractivity contribution in [1.29, 1.82) is 0 Å². The summed E-state index contributed by atoms with van der Waals surface area (Å²) in [5.74, 6) is 0.798. The predicted octanol–water partition coefficient (Wildman–Crippen LogP) is 3.23. The molecule has 0 saturated carbocycles. The van der Waals surface area contributed by atoms with Gasteiger partial charge in [0.2, 0.25) is 5.91 Å². The summed E-state index contributed by atoms with van der Waals surface area (Å²) in [6.45, 7) is 1.73. The SMILES string of the molecule is COc1ccc(COCCCNC(=O)CC(N)c2ccccc2)cc1.Cl. The van der Waals surface area contributed by atoms with E-state index in [1.54, 1.807) is 7.11 Å². The van der Waals surface area contributed by atoms with Crippen molar-refractivity contribution in [3.05, 3.63) is 65.7 Å². The van der Waals surface area contributed by atoms with E-state index >= 15 is 0 Å². The van der Waals surface area contributed by atoms with Gasteiger partial charge in [0, 0.05) is 25.6 Å². The molecule has 0 heterocycles. The average molecular weight is 379 g/mol. The van der Waals surface area contributed by atoms with Gasteiger partial charge < -0.3 is 20.5 Å². The van der Waals surface area contributed by atoms with E-state index < -0.39 is 0 Å². The zero-order chi connectivity index (χ0) is 17.9. The van der Waals surface area contributed by atoms with Crippen LogP contribution in [0.15, 0.2) is 54.6 Å². The van der Waals surface area contributed by atoms with Crippen LogP contribution in [0.1, 0.15) is 30.0 Å². The number of ether oxygens (including phenoxy) is 2. The lowest BCUT2D eigenvalue weighted by Gasteiger charge is -2.12. The summed E-state index contributed by atoms with van der Waals surface area (Å²) in [7, 11) is 1.65. The van der Waals surface area contributed by atoms with Gasteiger partial charge in [-0.15, -0.1) is 12.4 Å². The number of nitrogens with two attached hydrogens (primary N) is 1. The summed E-state index contributed by atoms with van der Waals surface area (Å²) in [5, 5.41) is 2.88. The van der Waals surface area contributed by atoms with Crippen molar-refractivity contribution in [1.82, 2.24) is 5.32 Å². The van der Waals surface area contributed by atoms with Crippen LogP contribution >= 0.6 is 12.4 Å².